The van der Waals surface area contributed by atoms with Crippen LogP contribution in [-0.4, -0.2) is 26.8 Å². The van der Waals surface area contributed by atoms with E-state index in [-0.39, 0.29) is 9.81 Å². The van der Waals surface area contributed by atoms with E-state index in [0.29, 0.717) is 21.0 Å². The summed E-state index contributed by atoms with van der Waals surface area (Å²) in [6.07, 6.45) is -1.78. The van der Waals surface area contributed by atoms with Gasteiger partial charge in [0.1, 0.15) is 21.6 Å². The molecule has 0 fully saturated rings. The number of aromatic nitrogens is 2. The summed E-state index contributed by atoms with van der Waals surface area (Å²) in [6.45, 7) is 0. The maximum Gasteiger partial charge on any atom is 0.418 e. The number of carbonyl (C=O) groups is 1. The molecule has 2 aromatic heterocycles. The molecule has 3 heterocycles. The summed E-state index contributed by atoms with van der Waals surface area (Å²) in [6, 6.07) is 12.7. The van der Waals surface area contributed by atoms with Gasteiger partial charge in [-0.1, -0.05) is 35.7 Å². The topological polar surface area (TPSA) is 90.2 Å². The number of halogens is 3. The van der Waals surface area contributed by atoms with Crippen LogP contribution >= 0.6 is 23.5 Å². The minimum absolute atomic E-state index is 0.0607. The van der Waals surface area contributed by atoms with E-state index in [9.17, 15) is 23.1 Å². The summed E-state index contributed by atoms with van der Waals surface area (Å²) in [5.41, 5.74) is -1.76. The van der Waals surface area contributed by atoms with Crippen molar-refractivity contribution in [2.75, 3.05) is 4.90 Å². The minimum Gasteiger partial charge on any atom is -0.508 e. The highest BCUT2D eigenvalue weighted by molar-refractivity contribution is 8.08. The molecular formula is C21H13F3N4O2S2. The second kappa shape index (κ2) is 8.67. The fourth-order valence-corrected chi connectivity index (χ4v) is 4.82. The Kier molecular flexibility index (Phi) is 5.94. The molecule has 162 valence electrons. The number of hydrogen-bond donors (Lipinski definition) is 2. The standard InChI is InChI=1S/C21H13F3N4O2S2/c22-21(23,24)13-11-12(29)7-8-14(13)28-19(25)17(31-15-5-1-3-9-26-15)18(20(28)30)32-16-6-2-4-10-27-16/h1-11,25,29H. The number of alkyl halides is 3. The van der Waals surface area contributed by atoms with Crippen molar-refractivity contribution >= 4 is 41.0 Å². The van der Waals surface area contributed by atoms with Gasteiger partial charge >= 0.3 is 6.18 Å². The number of aromatic hydroxyl groups is 1. The maximum absolute atomic E-state index is 13.7. The first-order valence-electron chi connectivity index (χ1n) is 9.01. The highest BCUT2D eigenvalue weighted by atomic mass is 32.2. The Labute approximate surface area is 188 Å². The first-order valence-corrected chi connectivity index (χ1v) is 10.6. The molecule has 0 bridgehead atoms. The van der Waals surface area contributed by atoms with E-state index in [0.717, 1.165) is 35.7 Å². The molecule has 0 unspecified atom stereocenters. The summed E-state index contributed by atoms with van der Waals surface area (Å²) < 4.78 is 41.0. The molecule has 11 heteroatoms. The summed E-state index contributed by atoms with van der Waals surface area (Å²) in [5.74, 6) is -1.81. The molecular weight excluding hydrogens is 461 g/mol. The summed E-state index contributed by atoms with van der Waals surface area (Å²) in [7, 11) is 0. The molecule has 1 aliphatic heterocycles. The first kappa shape index (κ1) is 21.9. The molecule has 6 nitrogen and oxygen atoms in total. The molecule has 4 rings (SSSR count). The first-order chi connectivity index (χ1) is 15.3. The van der Waals surface area contributed by atoms with Crippen molar-refractivity contribution in [3.05, 3.63) is 82.4 Å². The third-order valence-corrected chi connectivity index (χ3v) is 6.47. The van der Waals surface area contributed by atoms with Gasteiger partial charge in [0.05, 0.1) is 21.1 Å². The van der Waals surface area contributed by atoms with Crippen molar-refractivity contribution in [2.45, 2.75) is 16.2 Å². The maximum atomic E-state index is 13.7. The zero-order valence-electron chi connectivity index (χ0n) is 16.0. The van der Waals surface area contributed by atoms with Crippen LogP contribution in [-0.2, 0) is 11.0 Å². The van der Waals surface area contributed by atoms with Crippen molar-refractivity contribution in [2.24, 2.45) is 0 Å². The lowest BCUT2D eigenvalue weighted by atomic mass is 10.1. The second-order valence-corrected chi connectivity index (χ2v) is 8.45. The van der Waals surface area contributed by atoms with E-state index >= 15 is 0 Å². The molecule has 32 heavy (non-hydrogen) atoms. The number of anilines is 1. The number of amides is 1. The number of amidine groups is 1. The third kappa shape index (κ3) is 4.34. The number of phenolic OH excluding ortho intramolecular Hbond substituents is 1. The van der Waals surface area contributed by atoms with Gasteiger partial charge in [0.15, 0.2) is 0 Å². The van der Waals surface area contributed by atoms with Gasteiger partial charge in [-0.05, 0) is 42.5 Å². The Morgan fingerprint density at radius 1 is 0.906 bits per heavy atom. The van der Waals surface area contributed by atoms with Crippen LogP contribution in [0, 0.1) is 5.41 Å². The number of phenols is 1. The smallest absolute Gasteiger partial charge is 0.418 e. The average Bonchev–Trinajstić information content (AvgIpc) is 2.99. The third-order valence-electron chi connectivity index (χ3n) is 4.26. The lowest BCUT2D eigenvalue weighted by Crippen LogP contribution is -2.32. The van der Waals surface area contributed by atoms with Crippen LogP contribution in [0.25, 0.3) is 0 Å². The number of carbonyl (C=O) groups excluding carboxylic acids is 1. The summed E-state index contributed by atoms with van der Waals surface area (Å²) in [5, 5.41) is 19.1. The fourth-order valence-electron chi connectivity index (χ4n) is 2.89. The van der Waals surface area contributed by atoms with Gasteiger partial charge in [-0.3, -0.25) is 15.1 Å². The van der Waals surface area contributed by atoms with Gasteiger partial charge in [-0.2, -0.15) is 13.2 Å². The Morgan fingerprint density at radius 3 is 2.03 bits per heavy atom. The molecule has 3 aromatic rings. The fraction of sp³-hybridized carbons (Fsp3) is 0.0476. The largest absolute Gasteiger partial charge is 0.508 e. The van der Waals surface area contributed by atoms with Gasteiger partial charge < -0.3 is 5.11 Å². The second-order valence-electron chi connectivity index (χ2n) is 6.39. The molecule has 0 saturated carbocycles. The van der Waals surface area contributed by atoms with E-state index in [1.165, 1.54) is 12.4 Å². The van der Waals surface area contributed by atoms with Gasteiger partial charge in [-0.15, -0.1) is 0 Å². The lowest BCUT2D eigenvalue weighted by Gasteiger charge is -2.22. The lowest BCUT2D eigenvalue weighted by molar-refractivity contribution is -0.137. The van der Waals surface area contributed by atoms with Gasteiger partial charge in [-0.25, -0.2) is 9.97 Å². The van der Waals surface area contributed by atoms with E-state index in [4.69, 9.17) is 5.41 Å². The predicted molar refractivity (Wildman–Crippen MR) is 116 cm³/mol. The van der Waals surface area contributed by atoms with Crippen LogP contribution in [0.5, 0.6) is 5.75 Å². The number of nitrogens with one attached hydrogen (secondary N) is 1. The van der Waals surface area contributed by atoms with E-state index in [2.05, 4.69) is 9.97 Å². The van der Waals surface area contributed by atoms with Crippen molar-refractivity contribution in [3.8, 4) is 5.75 Å². The highest BCUT2D eigenvalue weighted by Gasteiger charge is 2.43. The van der Waals surface area contributed by atoms with Gasteiger partial charge in [0.25, 0.3) is 5.91 Å². The van der Waals surface area contributed by atoms with Crippen LogP contribution in [0.1, 0.15) is 5.56 Å². The molecule has 0 saturated heterocycles. The molecule has 0 spiro atoms. The Balaban J connectivity index is 1.81. The minimum atomic E-state index is -4.85. The number of thioether (sulfide) groups is 2. The van der Waals surface area contributed by atoms with E-state index in [1.54, 1.807) is 36.4 Å². The van der Waals surface area contributed by atoms with Gasteiger partial charge in [0, 0.05) is 12.4 Å². The Bertz CT molecular complexity index is 1160. The van der Waals surface area contributed by atoms with Crippen molar-refractivity contribution in [3.63, 3.8) is 0 Å². The Hall–Kier alpha value is -3.31. The van der Waals surface area contributed by atoms with E-state index in [1.807, 2.05) is 0 Å². The predicted octanol–water partition coefficient (Wildman–Crippen LogP) is 5.32. The van der Waals surface area contributed by atoms with Crippen molar-refractivity contribution in [1.82, 2.24) is 9.97 Å². The van der Waals surface area contributed by atoms with Crippen LogP contribution in [0.15, 0.2) is 86.9 Å². The van der Waals surface area contributed by atoms with Crippen LogP contribution in [0.4, 0.5) is 18.9 Å². The molecule has 1 aromatic carbocycles. The quantitative estimate of drug-likeness (QED) is 0.520. The van der Waals surface area contributed by atoms with Crippen LogP contribution in [0.3, 0.4) is 0 Å². The zero-order chi connectivity index (χ0) is 22.9. The average molecular weight is 474 g/mol. The molecule has 0 aliphatic carbocycles. The normalized spacial score (nSPS) is 14.4. The number of nitrogens with zero attached hydrogens (tertiary/aromatic N) is 3. The number of benzene rings is 1. The molecule has 1 amide bonds. The van der Waals surface area contributed by atoms with Crippen molar-refractivity contribution in [1.29, 1.82) is 5.41 Å². The monoisotopic (exact) mass is 474 g/mol. The summed E-state index contributed by atoms with van der Waals surface area (Å²) in [4.78, 5) is 22.5. The zero-order valence-corrected chi connectivity index (χ0v) is 17.6. The van der Waals surface area contributed by atoms with Gasteiger partial charge in [0.2, 0.25) is 0 Å². The number of pyridine rings is 2. The number of hydrogen-bond acceptors (Lipinski definition) is 7. The van der Waals surface area contributed by atoms with E-state index < -0.39 is 34.9 Å². The van der Waals surface area contributed by atoms with Crippen LogP contribution < -0.4 is 4.90 Å². The molecule has 1 aliphatic rings. The Morgan fingerprint density at radius 2 is 1.50 bits per heavy atom. The summed E-state index contributed by atoms with van der Waals surface area (Å²) >= 11 is 1.97. The molecule has 0 radical (unpaired) electrons. The van der Waals surface area contributed by atoms with Crippen molar-refractivity contribution < 1.29 is 23.1 Å². The number of rotatable bonds is 5. The molecule has 2 N–H and O–H groups in total. The SMILES string of the molecule is N=C1C(Sc2ccccn2)=C(Sc2ccccn2)C(=O)N1c1ccc(O)cc1C(F)(F)F. The highest BCUT2D eigenvalue weighted by Crippen LogP contribution is 2.46. The molecule has 0 atom stereocenters. The van der Waals surface area contributed by atoms with Crippen LogP contribution in [0.2, 0.25) is 0 Å².